The predicted octanol–water partition coefficient (Wildman–Crippen LogP) is 1.50. The van der Waals surface area contributed by atoms with Crippen LogP contribution in [0.4, 0.5) is 22.8 Å². The van der Waals surface area contributed by atoms with Gasteiger partial charge in [-0.1, -0.05) is 23.7 Å². The van der Waals surface area contributed by atoms with Gasteiger partial charge in [0.2, 0.25) is 5.91 Å². The maximum atomic E-state index is 12.6. The second kappa shape index (κ2) is 7.43. The van der Waals surface area contributed by atoms with Gasteiger partial charge in [0.25, 0.3) is 5.91 Å². The number of nitrogens with one attached hydrogen (secondary N) is 3. The number of nitrogens with zero attached hydrogens (tertiary/aromatic N) is 1. The van der Waals surface area contributed by atoms with Crippen molar-refractivity contribution < 1.29 is 32.3 Å². The normalized spacial score (nSPS) is 19.7. The van der Waals surface area contributed by atoms with Gasteiger partial charge in [-0.15, -0.1) is 0 Å². The molecule has 1 aliphatic heterocycles. The molecule has 12 heteroatoms. The van der Waals surface area contributed by atoms with E-state index in [9.17, 15) is 32.3 Å². The van der Waals surface area contributed by atoms with Gasteiger partial charge in [0.1, 0.15) is 18.6 Å². The Hall–Kier alpha value is -2.82. The monoisotopic (exact) mass is 406 g/mol. The summed E-state index contributed by atoms with van der Waals surface area (Å²) in [5.74, 6) is -1.89. The maximum absolute atomic E-state index is 12.6. The summed E-state index contributed by atoms with van der Waals surface area (Å²) in [6.45, 7) is -1.05. The minimum absolute atomic E-state index is 0.413. The van der Waals surface area contributed by atoms with Crippen LogP contribution in [0.3, 0.4) is 0 Å². The molecule has 0 aromatic heterocycles. The third-order valence-electron chi connectivity index (χ3n) is 3.70. The van der Waals surface area contributed by atoms with Gasteiger partial charge >= 0.3 is 18.2 Å². The first kappa shape index (κ1) is 20.5. The minimum atomic E-state index is -4.65. The lowest BCUT2D eigenvalue weighted by Crippen LogP contribution is -2.48. The van der Waals surface area contributed by atoms with Crippen molar-refractivity contribution in [3.05, 3.63) is 34.9 Å². The van der Waals surface area contributed by atoms with E-state index >= 15 is 0 Å². The molecule has 3 N–H and O–H groups in total. The molecular weight excluding hydrogens is 393 g/mol. The van der Waals surface area contributed by atoms with Gasteiger partial charge in [-0.25, -0.2) is 9.59 Å². The molecule has 0 saturated carbocycles. The van der Waals surface area contributed by atoms with Crippen LogP contribution in [-0.4, -0.2) is 48.0 Å². The Morgan fingerprint density at radius 2 is 1.81 bits per heavy atom. The van der Waals surface area contributed by atoms with Crippen molar-refractivity contribution in [1.82, 2.24) is 20.9 Å². The van der Waals surface area contributed by atoms with Crippen LogP contribution in [0.2, 0.25) is 5.02 Å². The first-order chi connectivity index (χ1) is 12.4. The molecule has 0 aliphatic carbocycles. The molecule has 0 radical (unpaired) electrons. The van der Waals surface area contributed by atoms with Crippen LogP contribution in [0.25, 0.3) is 0 Å². The summed E-state index contributed by atoms with van der Waals surface area (Å²) >= 11 is 5.78. The van der Waals surface area contributed by atoms with Gasteiger partial charge in [0.05, 0.1) is 0 Å². The third-order valence-corrected chi connectivity index (χ3v) is 3.95. The van der Waals surface area contributed by atoms with E-state index in [-0.39, 0.29) is 0 Å². The molecule has 0 spiro atoms. The summed E-state index contributed by atoms with van der Waals surface area (Å²) in [4.78, 5) is 48.2. The molecular formula is C15H14ClF3N4O4. The fourth-order valence-corrected chi connectivity index (χ4v) is 2.48. The van der Waals surface area contributed by atoms with Crippen molar-refractivity contribution in [3.63, 3.8) is 0 Å². The molecule has 1 fully saturated rings. The lowest BCUT2D eigenvalue weighted by atomic mass is 9.92. The summed E-state index contributed by atoms with van der Waals surface area (Å²) < 4.78 is 36.0. The Bertz CT molecular complexity index is 784. The number of halogens is 4. The van der Waals surface area contributed by atoms with E-state index in [0.29, 0.717) is 15.5 Å². The maximum Gasteiger partial charge on any atom is 0.405 e. The standard InChI is InChI=1S/C15H14ClF3N4O4/c1-14(8-2-4-9(16)5-3-8)11(25)23(13(27)22-14)6-10(24)21-12(26)20-7-15(17,18)19/h2-5H,6-7H2,1H3,(H,22,27)(H2,20,21,24,26)/t14-/m0/s1. The van der Waals surface area contributed by atoms with Gasteiger partial charge in [-0.05, 0) is 24.6 Å². The molecule has 1 saturated heterocycles. The van der Waals surface area contributed by atoms with E-state index in [0.717, 1.165) is 0 Å². The fraction of sp³-hybridized carbons (Fsp3) is 0.333. The Kier molecular flexibility index (Phi) is 5.64. The summed E-state index contributed by atoms with van der Waals surface area (Å²) in [5.41, 5.74) is -1.04. The van der Waals surface area contributed by atoms with Crippen molar-refractivity contribution in [3.8, 4) is 0 Å². The first-order valence-electron chi connectivity index (χ1n) is 7.47. The predicted molar refractivity (Wildman–Crippen MR) is 86.6 cm³/mol. The van der Waals surface area contributed by atoms with Crippen LogP contribution in [0.1, 0.15) is 12.5 Å². The zero-order valence-electron chi connectivity index (χ0n) is 13.8. The average molecular weight is 407 g/mol. The number of hydrogen-bond acceptors (Lipinski definition) is 4. The van der Waals surface area contributed by atoms with Crippen LogP contribution in [0.15, 0.2) is 24.3 Å². The highest BCUT2D eigenvalue weighted by molar-refractivity contribution is 6.30. The highest BCUT2D eigenvalue weighted by atomic mass is 35.5. The molecule has 1 aromatic rings. The van der Waals surface area contributed by atoms with E-state index < -0.39 is 48.7 Å². The lowest BCUT2D eigenvalue weighted by molar-refractivity contribution is -0.134. The molecule has 1 aliphatic rings. The van der Waals surface area contributed by atoms with Crippen LogP contribution < -0.4 is 16.0 Å². The fourth-order valence-electron chi connectivity index (χ4n) is 2.35. The third kappa shape index (κ3) is 4.88. The quantitative estimate of drug-likeness (QED) is 0.658. The van der Waals surface area contributed by atoms with Gasteiger partial charge < -0.3 is 10.6 Å². The van der Waals surface area contributed by atoms with Crippen LogP contribution in [0, 0.1) is 0 Å². The number of carbonyl (C=O) groups is 4. The van der Waals surface area contributed by atoms with Crippen molar-refractivity contribution in [2.75, 3.05) is 13.1 Å². The number of rotatable bonds is 4. The number of urea groups is 2. The SMILES string of the molecule is C[C@@]1(c2ccc(Cl)cc2)NC(=O)N(CC(=O)NC(=O)NCC(F)(F)F)C1=O. The molecule has 146 valence electrons. The number of benzene rings is 1. The molecule has 8 nitrogen and oxygen atoms in total. The largest absolute Gasteiger partial charge is 0.405 e. The van der Waals surface area contributed by atoms with Crippen molar-refractivity contribution in [1.29, 1.82) is 0 Å². The molecule has 27 heavy (non-hydrogen) atoms. The number of imide groups is 2. The Labute approximate surface area is 156 Å². The van der Waals surface area contributed by atoms with Crippen LogP contribution in [-0.2, 0) is 15.1 Å². The zero-order chi connectivity index (χ0) is 20.4. The van der Waals surface area contributed by atoms with E-state index in [2.05, 4.69) is 5.32 Å². The Morgan fingerprint density at radius 1 is 1.22 bits per heavy atom. The van der Waals surface area contributed by atoms with E-state index in [1.165, 1.54) is 36.5 Å². The highest BCUT2D eigenvalue weighted by Gasteiger charge is 2.49. The second-order valence-corrected chi connectivity index (χ2v) is 6.24. The minimum Gasteiger partial charge on any atom is -0.329 e. The second-order valence-electron chi connectivity index (χ2n) is 5.80. The van der Waals surface area contributed by atoms with Crippen molar-refractivity contribution in [2.24, 2.45) is 0 Å². The van der Waals surface area contributed by atoms with Gasteiger partial charge in [0.15, 0.2) is 0 Å². The van der Waals surface area contributed by atoms with Gasteiger partial charge in [-0.2, -0.15) is 13.2 Å². The first-order valence-corrected chi connectivity index (χ1v) is 7.85. The number of carbonyl (C=O) groups excluding carboxylic acids is 4. The Morgan fingerprint density at radius 3 is 2.37 bits per heavy atom. The summed E-state index contributed by atoms with van der Waals surface area (Å²) in [6.07, 6.45) is -4.65. The van der Waals surface area contributed by atoms with Gasteiger partial charge in [0, 0.05) is 5.02 Å². The van der Waals surface area contributed by atoms with E-state index in [1.54, 1.807) is 5.32 Å². The van der Waals surface area contributed by atoms with Crippen molar-refractivity contribution >= 4 is 35.5 Å². The summed E-state index contributed by atoms with van der Waals surface area (Å²) in [6, 6.07) is 3.79. The molecule has 1 heterocycles. The Balaban J connectivity index is 2.01. The number of alkyl halides is 3. The molecule has 2 rings (SSSR count). The van der Waals surface area contributed by atoms with Crippen molar-refractivity contribution in [2.45, 2.75) is 18.6 Å². The summed E-state index contributed by atoms with van der Waals surface area (Å²) in [7, 11) is 0. The van der Waals surface area contributed by atoms with E-state index in [1.807, 2.05) is 0 Å². The van der Waals surface area contributed by atoms with Gasteiger partial charge in [-0.3, -0.25) is 19.8 Å². The smallest absolute Gasteiger partial charge is 0.329 e. The number of amides is 6. The van der Waals surface area contributed by atoms with Crippen LogP contribution in [0.5, 0.6) is 0 Å². The topological polar surface area (TPSA) is 108 Å². The average Bonchev–Trinajstić information content (AvgIpc) is 2.77. The molecule has 0 unspecified atom stereocenters. The number of hydrogen-bond donors (Lipinski definition) is 3. The van der Waals surface area contributed by atoms with Crippen LogP contribution >= 0.6 is 11.6 Å². The zero-order valence-corrected chi connectivity index (χ0v) is 14.6. The molecule has 0 bridgehead atoms. The molecule has 1 aromatic carbocycles. The highest BCUT2D eigenvalue weighted by Crippen LogP contribution is 2.29. The molecule has 1 atom stereocenters. The lowest BCUT2D eigenvalue weighted by Gasteiger charge is -2.22. The molecule has 6 amide bonds. The van der Waals surface area contributed by atoms with E-state index in [4.69, 9.17) is 11.6 Å². The summed E-state index contributed by atoms with van der Waals surface area (Å²) in [5, 5.41) is 5.90.